The van der Waals surface area contributed by atoms with Gasteiger partial charge in [-0.2, -0.15) is 0 Å². The summed E-state index contributed by atoms with van der Waals surface area (Å²) in [5, 5.41) is 12.0. The van der Waals surface area contributed by atoms with Crippen molar-refractivity contribution >= 4 is 17.7 Å². The number of benzene rings is 1. The Bertz CT molecular complexity index is 784. The van der Waals surface area contributed by atoms with Crippen molar-refractivity contribution in [3.05, 3.63) is 54.5 Å². The van der Waals surface area contributed by atoms with Crippen molar-refractivity contribution in [1.29, 1.82) is 0 Å². The molecule has 124 valence electrons. The second-order valence-corrected chi connectivity index (χ2v) is 6.02. The number of nitrogens with zero attached hydrogens (tertiary/aromatic N) is 3. The fraction of sp³-hybridized carbons (Fsp3) is 0.235. The van der Waals surface area contributed by atoms with Gasteiger partial charge in [0.05, 0.1) is 18.6 Å². The van der Waals surface area contributed by atoms with Gasteiger partial charge in [0.25, 0.3) is 0 Å². The maximum Gasteiger partial charge on any atom is 0.230 e. The molecule has 0 atom stereocenters. The molecule has 3 aromatic rings. The summed E-state index contributed by atoms with van der Waals surface area (Å²) in [6.45, 7) is 3.03. The molecule has 0 radical (unpaired) electrons. The van der Waals surface area contributed by atoms with Gasteiger partial charge in [-0.25, -0.2) is 0 Å². The van der Waals surface area contributed by atoms with Crippen LogP contribution in [-0.2, 0) is 11.3 Å². The zero-order valence-electron chi connectivity index (χ0n) is 13.3. The number of hydrogen-bond donors (Lipinski definition) is 1. The van der Waals surface area contributed by atoms with Gasteiger partial charge in [0.1, 0.15) is 5.76 Å². The van der Waals surface area contributed by atoms with Crippen LogP contribution in [0.1, 0.15) is 12.7 Å². The molecule has 1 aromatic carbocycles. The lowest BCUT2D eigenvalue weighted by molar-refractivity contribution is -0.118. The zero-order valence-corrected chi connectivity index (χ0v) is 14.1. The first-order valence-corrected chi connectivity index (χ1v) is 8.67. The lowest BCUT2D eigenvalue weighted by Gasteiger charge is -2.08. The van der Waals surface area contributed by atoms with E-state index in [0.29, 0.717) is 24.0 Å². The van der Waals surface area contributed by atoms with E-state index in [4.69, 9.17) is 4.42 Å². The number of aromatic nitrogens is 3. The first-order valence-electron chi connectivity index (χ1n) is 7.68. The standard InChI is InChI=1S/C17H18N4O2S/c1-2-18-15(22)12-24-17-20-19-16(13-7-4-3-5-8-13)21(17)11-14-9-6-10-23-14/h3-10H,2,11-12H2,1H3,(H,18,22). The predicted octanol–water partition coefficient (Wildman–Crippen LogP) is 2.81. The number of amides is 1. The summed E-state index contributed by atoms with van der Waals surface area (Å²) in [5.74, 6) is 1.85. The molecule has 6 nitrogen and oxygen atoms in total. The highest BCUT2D eigenvalue weighted by Gasteiger charge is 2.16. The van der Waals surface area contributed by atoms with Gasteiger partial charge in [-0.05, 0) is 19.1 Å². The molecular weight excluding hydrogens is 324 g/mol. The third-order valence-electron chi connectivity index (χ3n) is 3.35. The SMILES string of the molecule is CCNC(=O)CSc1nnc(-c2ccccc2)n1Cc1ccco1. The summed E-state index contributed by atoms with van der Waals surface area (Å²) < 4.78 is 7.42. The van der Waals surface area contributed by atoms with Crippen LogP contribution in [0.3, 0.4) is 0 Å². The quantitative estimate of drug-likeness (QED) is 0.669. The van der Waals surface area contributed by atoms with E-state index in [1.165, 1.54) is 11.8 Å². The van der Waals surface area contributed by atoms with E-state index in [1.807, 2.05) is 54.0 Å². The lowest BCUT2D eigenvalue weighted by Crippen LogP contribution is -2.24. The molecule has 0 saturated carbocycles. The molecule has 0 aliphatic heterocycles. The van der Waals surface area contributed by atoms with Crippen LogP contribution >= 0.6 is 11.8 Å². The molecule has 3 rings (SSSR count). The predicted molar refractivity (Wildman–Crippen MR) is 92.7 cm³/mol. The first kappa shape index (κ1) is 16.3. The topological polar surface area (TPSA) is 73.0 Å². The number of nitrogens with one attached hydrogen (secondary N) is 1. The second kappa shape index (κ2) is 7.83. The summed E-state index contributed by atoms with van der Waals surface area (Å²) in [7, 11) is 0. The number of carbonyl (C=O) groups is 1. The largest absolute Gasteiger partial charge is 0.467 e. The Morgan fingerprint density at radius 2 is 2.04 bits per heavy atom. The molecular formula is C17H18N4O2S. The third-order valence-corrected chi connectivity index (χ3v) is 4.32. The van der Waals surface area contributed by atoms with Crippen molar-refractivity contribution in [2.24, 2.45) is 0 Å². The monoisotopic (exact) mass is 342 g/mol. The zero-order chi connectivity index (χ0) is 16.8. The van der Waals surface area contributed by atoms with Crippen LogP contribution in [0.4, 0.5) is 0 Å². The number of furan rings is 1. The molecule has 7 heteroatoms. The van der Waals surface area contributed by atoms with E-state index < -0.39 is 0 Å². The Morgan fingerprint density at radius 1 is 1.21 bits per heavy atom. The van der Waals surface area contributed by atoms with Gasteiger partial charge >= 0.3 is 0 Å². The highest BCUT2D eigenvalue weighted by atomic mass is 32.2. The molecule has 0 aliphatic rings. The Kier molecular flexibility index (Phi) is 5.32. The second-order valence-electron chi connectivity index (χ2n) is 5.08. The molecule has 24 heavy (non-hydrogen) atoms. The van der Waals surface area contributed by atoms with Crippen LogP contribution in [0.25, 0.3) is 11.4 Å². The highest BCUT2D eigenvalue weighted by Crippen LogP contribution is 2.25. The highest BCUT2D eigenvalue weighted by molar-refractivity contribution is 7.99. The minimum absolute atomic E-state index is 0.0173. The van der Waals surface area contributed by atoms with Gasteiger partial charge in [0.2, 0.25) is 5.91 Å². The van der Waals surface area contributed by atoms with Crippen molar-refractivity contribution in [3.8, 4) is 11.4 Å². The van der Waals surface area contributed by atoms with Gasteiger partial charge < -0.3 is 9.73 Å². The summed E-state index contributed by atoms with van der Waals surface area (Å²) in [6, 6.07) is 13.6. The average molecular weight is 342 g/mol. The van der Waals surface area contributed by atoms with E-state index in [0.717, 1.165) is 17.1 Å². The van der Waals surface area contributed by atoms with E-state index >= 15 is 0 Å². The number of rotatable bonds is 7. The van der Waals surface area contributed by atoms with Crippen molar-refractivity contribution < 1.29 is 9.21 Å². The van der Waals surface area contributed by atoms with Crippen LogP contribution in [0, 0.1) is 0 Å². The summed E-state index contributed by atoms with van der Waals surface area (Å²) in [6.07, 6.45) is 1.64. The number of thioether (sulfide) groups is 1. The number of hydrogen-bond acceptors (Lipinski definition) is 5. The fourth-order valence-electron chi connectivity index (χ4n) is 2.28. The first-order chi connectivity index (χ1) is 11.8. The van der Waals surface area contributed by atoms with Crippen molar-refractivity contribution in [2.75, 3.05) is 12.3 Å². The Labute approximate surface area is 144 Å². The molecule has 2 aromatic heterocycles. The molecule has 0 aliphatic carbocycles. The molecule has 0 saturated heterocycles. The summed E-state index contributed by atoms with van der Waals surface area (Å²) in [4.78, 5) is 11.7. The van der Waals surface area contributed by atoms with Crippen molar-refractivity contribution in [1.82, 2.24) is 20.1 Å². The maximum atomic E-state index is 11.7. The molecule has 0 fully saturated rings. The van der Waals surface area contributed by atoms with Gasteiger partial charge in [-0.3, -0.25) is 9.36 Å². The maximum absolute atomic E-state index is 11.7. The fourth-order valence-corrected chi connectivity index (χ4v) is 3.04. The van der Waals surface area contributed by atoms with Crippen LogP contribution in [0.15, 0.2) is 58.3 Å². The minimum atomic E-state index is -0.0173. The third kappa shape index (κ3) is 3.86. The Morgan fingerprint density at radius 3 is 2.75 bits per heavy atom. The normalized spacial score (nSPS) is 10.7. The Hall–Kier alpha value is -2.54. The van der Waals surface area contributed by atoms with Gasteiger partial charge in [-0.1, -0.05) is 42.1 Å². The van der Waals surface area contributed by atoms with Crippen LogP contribution in [-0.4, -0.2) is 33.0 Å². The van der Waals surface area contributed by atoms with Crippen molar-refractivity contribution in [3.63, 3.8) is 0 Å². The smallest absolute Gasteiger partial charge is 0.230 e. The van der Waals surface area contributed by atoms with E-state index in [-0.39, 0.29) is 5.91 Å². The van der Waals surface area contributed by atoms with Crippen LogP contribution < -0.4 is 5.32 Å². The molecule has 1 N–H and O–H groups in total. The molecule has 0 bridgehead atoms. The summed E-state index contributed by atoms with van der Waals surface area (Å²) >= 11 is 1.37. The Balaban J connectivity index is 1.88. The van der Waals surface area contributed by atoms with E-state index in [1.54, 1.807) is 6.26 Å². The minimum Gasteiger partial charge on any atom is -0.467 e. The van der Waals surface area contributed by atoms with Crippen LogP contribution in [0.2, 0.25) is 0 Å². The van der Waals surface area contributed by atoms with Gasteiger partial charge in [0.15, 0.2) is 11.0 Å². The van der Waals surface area contributed by atoms with E-state index in [2.05, 4.69) is 15.5 Å². The number of carbonyl (C=O) groups excluding carboxylic acids is 1. The molecule has 1 amide bonds. The van der Waals surface area contributed by atoms with Crippen LogP contribution in [0.5, 0.6) is 0 Å². The summed E-state index contributed by atoms with van der Waals surface area (Å²) in [5.41, 5.74) is 0.974. The van der Waals surface area contributed by atoms with Gasteiger partial charge in [0, 0.05) is 12.1 Å². The molecule has 2 heterocycles. The lowest BCUT2D eigenvalue weighted by atomic mass is 10.2. The average Bonchev–Trinajstić information content (AvgIpc) is 3.25. The van der Waals surface area contributed by atoms with E-state index in [9.17, 15) is 4.79 Å². The van der Waals surface area contributed by atoms with Gasteiger partial charge in [-0.15, -0.1) is 10.2 Å². The molecule has 0 unspecified atom stereocenters. The molecule has 0 spiro atoms. The van der Waals surface area contributed by atoms with Crippen molar-refractivity contribution in [2.45, 2.75) is 18.6 Å².